The summed E-state index contributed by atoms with van der Waals surface area (Å²) in [6.07, 6.45) is 2.80. The van der Waals surface area contributed by atoms with Crippen LogP contribution in [0.3, 0.4) is 0 Å². The van der Waals surface area contributed by atoms with Crippen LogP contribution in [0, 0.1) is 6.92 Å². The molecule has 10 nitrogen and oxygen atoms in total. The highest BCUT2D eigenvalue weighted by molar-refractivity contribution is 5.93. The van der Waals surface area contributed by atoms with Gasteiger partial charge in [-0.3, -0.25) is 9.69 Å². The minimum atomic E-state index is -0.509. The highest BCUT2D eigenvalue weighted by atomic mass is 16.6. The molecule has 2 unspecified atom stereocenters. The fraction of sp³-hybridized carbons (Fsp3) is 0.515. The van der Waals surface area contributed by atoms with Gasteiger partial charge < -0.3 is 24.6 Å². The van der Waals surface area contributed by atoms with Crippen molar-refractivity contribution < 1.29 is 19.1 Å². The van der Waals surface area contributed by atoms with Gasteiger partial charge in [-0.2, -0.15) is 0 Å². The Balaban J connectivity index is 1.15. The number of nitrogens with one attached hydrogen (secondary N) is 1. The Labute approximate surface area is 254 Å². The summed E-state index contributed by atoms with van der Waals surface area (Å²) in [5, 5.41) is 4.15. The molecule has 2 aromatic carbocycles. The van der Waals surface area contributed by atoms with Gasteiger partial charge in [0, 0.05) is 68.2 Å². The molecule has 5 rings (SSSR count). The van der Waals surface area contributed by atoms with E-state index in [1.807, 2.05) is 64.1 Å². The Morgan fingerprint density at radius 3 is 2.40 bits per heavy atom. The molecule has 43 heavy (non-hydrogen) atoms. The molecule has 0 bridgehead atoms. The number of likely N-dealkylation sites (tertiary alicyclic amines) is 1. The number of fused-ring (bicyclic) bond motifs is 1. The molecule has 2 aliphatic heterocycles. The number of piperidine rings is 1. The molecular formula is C33H44N6O4. The lowest BCUT2D eigenvalue weighted by Crippen LogP contribution is -2.58. The van der Waals surface area contributed by atoms with Gasteiger partial charge in [-0.25, -0.2) is 14.8 Å². The zero-order valence-electron chi connectivity index (χ0n) is 26.2. The first-order valence-corrected chi connectivity index (χ1v) is 15.2. The third-order valence-electron chi connectivity index (χ3n) is 8.01. The van der Waals surface area contributed by atoms with Crippen LogP contribution in [0.5, 0.6) is 5.75 Å². The third-order valence-corrected chi connectivity index (χ3v) is 8.01. The monoisotopic (exact) mass is 588 g/mol. The number of anilines is 2. The van der Waals surface area contributed by atoms with Gasteiger partial charge in [0.1, 0.15) is 29.6 Å². The van der Waals surface area contributed by atoms with E-state index in [0.29, 0.717) is 25.4 Å². The van der Waals surface area contributed by atoms with Crippen molar-refractivity contribution >= 4 is 34.4 Å². The Morgan fingerprint density at radius 2 is 1.70 bits per heavy atom. The number of piperazine rings is 1. The van der Waals surface area contributed by atoms with Gasteiger partial charge in [0.2, 0.25) is 5.91 Å². The van der Waals surface area contributed by atoms with Crippen molar-refractivity contribution in [2.45, 2.75) is 78.2 Å². The van der Waals surface area contributed by atoms with E-state index in [1.54, 1.807) is 11.2 Å². The summed E-state index contributed by atoms with van der Waals surface area (Å²) in [5.74, 6) is 1.61. The molecule has 3 heterocycles. The number of nitrogens with zero attached hydrogens (tertiary/aromatic N) is 5. The first kappa shape index (κ1) is 30.5. The molecule has 0 saturated carbocycles. The molecule has 1 N–H and O–H groups in total. The maximum atomic E-state index is 13.2. The van der Waals surface area contributed by atoms with E-state index in [4.69, 9.17) is 9.47 Å². The molecular weight excluding hydrogens is 544 g/mol. The summed E-state index contributed by atoms with van der Waals surface area (Å²) in [5.41, 5.74) is 2.15. The standard InChI is InChI=1S/C33H44N6O4/c1-22-11-12-26(42-25-13-15-38(16-14-25)32(41)43-33(4,5)6)17-29(22)36-30(40)20-37-18-23(2)39(24(3)19-37)31-27-9-7-8-10-28(27)34-21-35-31/h7-12,17,21,23-25H,13-16,18-20H2,1-6H3,(H,36,40). The number of benzene rings is 2. The summed E-state index contributed by atoms with van der Waals surface area (Å²) in [7, 11) is 0. The minimum absolute atomic E-state index is 0.00350. The number of rotatable bonds is 6. The zero-order valence-corrected chi connectivity index (χ0v) is 26.2. The zero-order chi connectivity index (χ0) is 30.7. The van der Waals surface area contributed by atoms with Crippen LogP contribution >= 0.6 is 0 Å². The van der Waals surface area contributed by atoms with Gasteiger partial charge >= 0.3 is 6.09 Å². The van der Waals surface area contributed by atoms with Gasteiger partial charge in [0.15, 0.2) is 0 Å². The highest BCUT2D eigenvalue weighted by Crippen LogP contribution is 2.29. The number of para-hydroxylation sites is 1. The van der Waals surface area contributed by atoms with Crippen LogP contribution in [0.25, 0.3) is 10.9 Å². The average molecular weight is 589 g/mol. The van der Waals surface area contributed by atoms with Crippen molar-refractivity contribution in [1.82, 2.24) is 19.8 Å². The quantitative estimate of drug-likeness (QED) is 0.417. The van der Waals surface area contributed by atoms with E-state index in [2.05, 4.69) is 45.0 Å². The van der Waals surface area contributed by atoms with Crippen molar-refractivity contribution in [2.75, 3.05) is 42.9 Å². The lowest BCUT2D eigenvalue weighted by atomic mass is 10.1. The Bertz CT molecular complexity index is 1430. The second-order valence-electron chi connectivity index (χ2n) is 12.8. The SMILES string of the molecule is Cc1ccc(OC2CCN(C(=O)OC(C)(C)C)CC2)cc1NC(=O)CN1CC(C)N(c2ncnc3ccccc23)C(C)C1. The smallest absolute Gasteiger partial charge is 0.410 e. The van der Waals surface area contributed by atoms with E-state index in [0.717, 1.165) is 53.9 Å². The van der Waals surface area contributed by atoms with Crippen LogP contribution in [0.1, 0.15) is 53.0 Å². The van der Waals surface area contributed by atoms with Gasteiger partial charge in [0.25, 0.3) is 0 Å². The molecule has 230 valence electrons. The van der Waals surface area contributed by atoms with Crippen molar-refractivity contribution in [2.24, 2.45) is 0 Å². The Hall–Kier alpha value is -3.92. The van der Waals surface area contributed by atoms with Crippen molar-refractivity contribution in [3.63, 3.8) is 0 Å². The fourth-order valence-electron chi connectivity index (χ4n) is 6.05. The topological polar surface area (TPSA) is 100 Å². The number of aryl methyl sites for hydroxylation is 1. The van der Waals surface area contributed by atoms with Gasteiger partial charge in [-0.05, 0) is 65.3 Å². The van der Waals surface area contributed by atoms with Crippen molar-refractivity contribution in [1.29, 1.82) is 0 Å². The average Bonchev–Trinajstić information content (AvgIpc) is 2.94. The van der Waals surface area contributed by atoms with E-state index in [9.17, 15) is 9.59 Å². The molecule has 10 heteroatoms. The molecule has 2 fully saturated rings. The molecule has 2 saturated heterocycles. The fourth-order valence-corrected chi connectivity index (χ4v) is 6.05. The summed E-state index contributed by atoms with van der Waals surface area (Å²) >= 11 is 0. The predicted molar refractivity (Wildman–Crippen MR) is 169 cm³/mol. The van der Waals surface area contributed by atoms with E-state index in [1.165, 1.54) is 0 Å². The molecule has 2 aliphatic rings. The number of amides is 2. The lowest BCUT2D eigenvalue weighted by Gasteiger charge is -2.45. The van der Waals surface area contributed by atoms with Gasteiger partial charge in [-0.1, -0.05) is 18.2 Å². The summed E-state index contributed by atoms with van der Waals surface area (Å²) in [6.45, 7) is 14.9. The summed E-state index contributed by atoms with van der Waals surface area (Å²) in [6, 6.07) is 14.2. The minimum Gasteiger partial charge on any atom is -0.490 e. The number of hydrogen-bond donors (Lipinski definition) is 1. The van der Waals surface area contributed by atoms with Crippen LogP contribution in [0.4, 0.5) is 16.3 Å². The lowest BCUT2D eigenvalue weighted by molar-refractivity contribution is -0.117. The molecule has 0 radical (unpaired) electrons. The second-order valence-corrected chi connectivity index (χ2v) is 12.8. The first-order chi connectivity index (χ1) is 20.5. The van der Waals surface area contributed by atoms with Crippen LogP contribution in [0.2, 0.25) is 0 Å². The normalized spacial score (nSPS) is 20.2. The third kappa shape index (κ3) is 7.54. The van der Waals surface area contributed by atoms with Gasteiger partial charge in [-0.15, -0.1) is 0 Å². The largest absolute Gasteiger partial charge is 0.490 e. The van der Waals surface area contributed by atoms with Crippen LogP contribution < -0.4 is 15.0 Å². The van der Waals surface area contributed by atoms with Crippen LogP contribution in [-0.4, -0.2) is 88.3 Å². The molecule has 2 atom stereocenters. The first-order valence-electron chi connectivity index (χ1n) is 15.2. The van der Waals surface area contributed by atoms with Crippen LogP contribution in [-0.2, 0) is 9.53 Å². The van der Waals surface area contributed by atoms with E-state index >= 15 is 0 Å². The van der Waals surface area contributed by atoms with Crippen molar-refractivity contribution in [3.05, 3.63) is 54.4 Å². The summed E-state index contributed by atoms with van der Waals surface area (Å²) < 4.78 is 11.8. The second kappa shape index (κ2) is 12.8. The molecule has 1 aromatic heterocycles. The number of hydrogen-bond acceptors (Lipinski definition) is 8. The van der Waals surface area contributed by atoms with Crippen LogP contribution in [0.15, 0.2) is 48.8 Å². The molecule has 0 spiro atoms. The van der Waals surface area contributed by atoms with Gasteiger partial charge in [0.05, 0.1) is 12.1 Å². The molecule has 2 amide bonds. The number of aromatic nitrogens is 2. The highest BCUT2D eigenvalue weighted by Gasteiger charge is 2.32. The van der Waals surface area contributed by atoms with E-state index in [-0.39, 0.29) is 30.2 Å². The maximum Gasteiger partial charge on any atom is 0.410 e. The number of ether oxygens (including phenoxy) is 2. The Kier molecular flexibility index (Phi) is 9.05. The number of carbonyl (C=O) groups excluding carboxylic acids is 2. The summed E-state index contributed by atoms with van der Waals surface area (Å²) in [4.78, 5) is 40.9. The number of carbonyl (C=O) groups is 2. The van der Waals surface area contributed by atoms with E-state index < -0.39 is 5.60 Å². The molecule has 0 aliphatic carbocycles. The maximum absolute atomic E-state index is 13.2. The predicted octanol–water partition coefficient (Wildman–Crippen LogP) is 5.25. The van der Waals surface area contributed by atoms with Crippen molar-refractivity contribution in [3.8, 4) is 5.75 Å². The Morgan fingerprint density at radius 1 is 1.00 bits per heavy atom. The molecule has 3 aromatic rings.